The van der Waals surface area contributed by atoms with Gasteiger partial charge in [0.1, 0.15) is 13.2 Å². The first-order valence-corrected chi connectivity index (χ1v) is 16.0. The van der Waals surface area contributed by atoms with Crippen LogP contribution >= 0.6 is 0 Å². The molecule has 2 fully saturated rings. The molecule has 0 aromatic heterocycles. The maximum Gasteiger partial charge on any atom is 0.335 e. The highest BCUT2D eigenvalue weighted by molar-refractivity contribution is 5.87. The Morgan fingerprint density at radius 3 is 2.00 bits per heavy atom. The third kappa shape index (κ3) is 10.8. The molecule has 2 atom stereocenters. The van der Waals surface area contributed by atoms with Crippen molar-refractivity contribution < 1.29 is 29.3 Å². The van der Waals surface area contributed by atoms with Crippen molar-refractivity contribution in [3.8, 4) is 0 Å². The number of rotatable bonds is 18. The highest BCUT2D eigenvalue weighted by Gasteiger charge is 2.44. The second kappa shape index (κ2) is 18.1. The van der Waals surface area contributed by atoms with Gasteiger partial charge in [-0.15, -0.1) is 0 Å². The second-order valence-corrected chi connectivity index (χ2v) is 12.7. The first-order chi connectivity index (χ1) is 18.8. The van der Waals surface area contributed by atoms with Crippen molar-refractivity contribution in [2.24, 2.45) is 35.0 Å². The Bertz CT molecular complexity index is 720. The molecule has 6 heteroatoms. The topological polar surface area (TPSA) is 93.1 Å². The van der Waals surface area contributed by atoms with Crippen molar-refractivity contribution in [2.75, 3.05) is 26.4 Å². The van der Waals surface area contributed by atoms with E-state index in [4.69, 9.17) is 9.47 Å². The van der Waals surface area contributed by atoms with Crippen molar-refractivity contribution in [3.63, 3.8) is 0 Å². The molecule has 0 radical (unpaired) electrons. The average Bonchev–Trinajstić information content (AvgIpc) is 2.97. The smallest absolute Gasteiger partial charge is 0.335 e. The molecule has 2 saturated carbocycles. The lowest BCUT2D eigenvalue weighted by Crippen LogP contribution is -2.44. The largest absolute Gasteiger partial charge is 0.465 e. The number of carbonyl (C=O) groups is 2. The minimum Gasteiger partial charge on any atom is -0.465 e. The highest BCUT2D eigenvalue weighted by Crippen LogP contribution is 2.48. The molecule has 0 spiro atoms. The zero-order chi connectivity index (χ0) is 28.7. The van der Waals surface area contributed by atoms with Gasteiger partial charge in [-0.1, -0.05) is 78.2 Å². The Hall–Kier alpha value is -1.40. The van der Waals surface area contributed by atoms with E-state index in [0.717, 1.165) is 43.4 Å². The van der Waals surface area contributed by atoms with E-state index in [1.54, 1.807) is 6.92 Å². The van der Waals surface area contributed by atoms with Crippen LogP contribution in [0, 0.1) is 35.0 Å². The fourth-order valence-electron chi connectivity index (χ4n) is 7.12. The van der Waals surface area contributed by atoms with E-state index in [1.807, 2.05) is 0 Å². The fraction of sp³-hybridized carbons (Fsp3) is 0.879. The maximum absolute atomic E-state index is 12.5. The molecule has 0 aliphatic heterocycles. The van der Waals surface area contributed by atoms with E-state index >= 15 is 0 Å². The first kappa shape index (κ1) is 33.8. The van der Waals surface area contributed by atoms with Gasteiger partial charge in [-0.3, -0.25) is 4.79 Å². The molecule has 0 aromatic carbocycles. The third-order valence-electron chi connectivity index (χ3n) is 9.81. The molecule has 2 aliphatic rings. The molecular formula is C33H58O6. The van der Waals surface area contributed by atoms with Gasteiger partial charge in [-0.2, -0.15) is 0 Å². The van der Waals surface area contributed by atoms with Crippen molar-refractivity contribution in [1.82, 2.24) is 0 Å². The summed E-state index contributed by atoms with van der Waals surface area (Å²) in [5.74, 6) is 1.22. The number of ether oxygens (including phenoxy) is 2. The molecule has 2 N–H and O–H groups in total. The molecule has 2 rings (SSSR count). The molecule has 0 heterocycles. The van der Waals surface area contributed by atoms with Crippen LogP contribution in [0.1, 0.15) is 124 Å². The number of hydrogen-bond acceptors (Lipinski definition) is 6. The summed E-state index contributed by atoms with van der Waals surface area (Å²) in [4.78, 5) is 24.8. The summed E-state index contributed by atoms with van der Waals surface area (Å²) >= 11 is 0. The predicted octanol–water partition coefficient (Wildman–Crippen LogP) is 7.01. The van der Waals surface area contributed by atoms with Crippen molar-refractivity contribution >= 4 is 11.9 Å². The van der Waals surface area contributed by atoms with Crippen LogP contribution in [0.25, 0.3) is 0 Å². The van der Waals surface area contributed by atoms with Crippen LogP contribution in [-0.2, 0) is 19.1 Å². The van der Waals surface area contributed by atoms with Gasteiger partial charge in [0.15, 0.2) is 0 Å². The normalized spacial score (nSPS) is 25.9. The van der Waals surface area contributed by atoms with E-state index in [1.165, 1.54) is 77.0 Å². The van der Waals surface area contributed by atoms with Crippen LogP contribution in [0.4, 0.5) is 0 Å². The Balaban J connectivity index is 1.96. The van der Waals surface area contributed by atoms with Crippen LogP contribution in [-0.4, -0.2) is 48.6 Å². The van der Waals surface area contributed by atoms with Crippen molar-refractivity contribution in [2.45, 2.75) is 124 Å². The zero-order valence-corrected chi connectivity index (χ0v) is 25.3. The molecule has 0 amide bonds. The minimum absolute atomic E-state index is 0.0339. The van der Waals surface area contributed by atoms with Gasteiger partial charge in [0.2, 0.25) is 0 Å². The van der Waals surface area contributed by atoms with E-state index in [0.29, 0.717) is 5.92 Å². The van der Waals surface area contributed by atoms with Crippen LogP contribution in [0.15, 0.2) is 12.2 Å². The molecule has 0 aromatic rings. The van der Waals surface area contributed by atoms with E-state index in [-0.39, 0.29) is 25.4 Å². The van der Waals surface area contributed by atoms with Crippen LogP contribution in [0.5, 0.6) is 0 Å². The van der Waals surface area contributed by atoms with Gasteiger partial charge in [-0.05, 0) is 75.5 Å². The summed E-state index contributed by atoms with van der Waals surface area (Å²) in [6.07, 6.45) is 19.9. The van der Waals surface area contributed by atoms with E-state index in [2.05, 4.69) is 20.4 Å². The second-order valence-electron chi connectivity index (χ2n) is 12.7. The molecule has 0 bridgehead atoms. The van der Waals surface area contributed by atoms with Gasteiger partial charge in [0.25, 0.3) is 0 Å². The van der Waals surface area contributed by atoms with Gasteiger partial charge >= 0.3 is 11.9 Å². The van der Waals surface area contributed by atoms with E-state index < -0.39 is 29.9 Å². The zero-order valence-electron chi connectivity index (χ0n) is 25.3. The fourth-order valence-corrected chi connectivity index (χ4v) is 7.12. The average molecular weight is 551 g/mol. The lowest BCUT2D eigenvalue weighted by molar-refractivity contribution is -0.161. The summed E-state index contributed by atoms with van der Waals surface area (Å²) in [6.45, 7) is 9.28. The number of hydrogen-bond donors (Lipinski definition) is 2. The minimum atomic E-state index is -0.594. The Morgan fingerprint density at radius 2 is 1.44 bits per heavy atom. The molecule has 39 heavy (non-hydrogen) atoms. The molecule has 226 valence electrons. The van der Waals surface area contributed by atoms with Gasteiger partial charge in [-0.25, -0.2) is 4.79 Å². The monoisotopic (exact) mass is 550 g/mol. The number of unbranched alkanes of at least 4 members (excludes halogenated alkanes) is 4. The van der Waals surface area contributed by atoms with Gasteiger partial charge < -0.3 is 19.7 Å². The van der Waals surface area contributed by atoms with Crippen LogP contribution in [0.3, 0.4) is 0 Å². The number of aliphatic hydroxyl groups excluding tert-OH is 2. The quantitative estimate of drug-likeness (QED) is 0.108. The standard InChI is InChI=1S/C33H58O6/c1-5-7-8-9-10-11-27-12-14-28(15-13-27)29-16-18-30(19-17-29)33(20-6-2,23-38-31(36)25(3)21-34)24-39-32(37)26(4)22-35/h26-30,34-35H,3,5-24H2,1-2,4H3. The number of esters is 2. The van der Waals surface area contributed by atoms with Crippen LogP contribution < -0.4 is 0 Å². The van der Waals surface area contributed by atoms with Gasteiger partial charge in [0, 0.05) is 5.41 Å². The number of carbonyl (C=O) groups excluding carboxylic acids is 2. The van der Waals surface area contributed by atoms with Crippen molar-refractivity contribution in [3.05, 3.63) is 12.2 Å². The summed E-state index contributed by atoms with van der Waals surface area (Å²) in [5, 5.41) is 18.7. The predicted molar refractivity (Wildman–Crippen MR) is 156 cm³/mol. The first-order valence-electron chi connectivity index (χ1n) is 16.0. The lowest BCUT2D eigenvalue weighted by atomic mass is 9.62. The van der Waals surface area contributed by atoms with E-state index in [9.17, 15) is 19.8 Å². The number of aliphatic hydroxyl groups is 2. The molecule has 2 aliphatic carbocycles. The Kier molecular flexibility index (Phi) is 15.7. The molecule has 0 saturated heterocycles. The molecule has 2 unspecified atom stereocenters. The Morgan fingerprint density at radius 1 is 0.846 bits per heavy atom. The summed E-state index contributed by atoms with van der Waals surface area (Å²) in [7, 11) is 0. The SMILES string of the molecule is C=C(CO)C(=O)OCC(CCC)(COC(=O)C(C)CO)C1CCC(C2CCC(CCCCCCC)CC2)CC1. The summed E-state index contributed by atoms with van der Waals surface area (Å²) in [5.41, 5.74) is -0.433. The summed E-state index contributed by atoms with van der Waals surface area (Å²) in [6, 6.07) is 0. The van der Waals surface area contributed by atoms with Crippen LogP contribution in [0.2, 0.25) is 0 Å². The maximum atomic E-state index is 12.5. The lowest BCUT2D eigenvalue weighted by Gasteiger charge is -2.45. The summed E-state index contributed by atoms with van der Waals surface area (Å²) < 4.78 is 11.4. The Labute approximate surface area is 238 Å². The van der Waals surface area contributed by atoms with Gasteiger partial charge in [0.05, 0.1) is 24.7 Å². The highest BCUT2D eigenvalue weighted by atomic mass is 16.5. The third-order valence-corrected chi connectivity index (χ3v) is 9.81. The molecule has 6 nitrogen and oxygen atoms in total. The van der Waals surface area contributed by atoms with Crippen molar-refractivity contribution in [1.29, 1.82) is 0 Å². The molecular weight excluding hydrogens is 492 g/mol.